The molecule has 0 spiro atoms. The van der Waals surface area contributed by atoms with Crippen LogP contribution in [0.2, 0.25) is 0 Å². The van der Waals surface area contributed by atoms with Crippen molar-refractivity contribution in [3.05, 3.63) is 12.4 Å². The number of nitrogens with zero attached hydrogens (tertiary/aromatic N) is 4. The fraction of sp³-hybridized carbons (Fsp3) is 0.500. The molecule has 20 heavy (non-hydrogen) atoms. The van der Waals surface area contributed by atoms with Gasteiger partial charge in [0.2, 0.25) is 0 Å². The van der Waals surface area contributed by atoms with Crippen molar-refractivity contribution in [2.45, 2.75) is 24.5 Å². The van der Waals surface area contributed by atoms with Crippen molar-refractivity contribution in [3.63, 3.8) is 0 Å². The van der Waals surface area contributed by atoms with Crippen molar-refractivity contribution in [2.75, 3.05) is 12.3 Å². The number of nitrogens with two attached hydrogens (primary N) is 1. The van der Waals surface area contributed by atoms with E-state index in [2.05, 4.69) is 15.0 Å². The van der Waals surface area contributed by atoms with E-state index in [4.69, 9.17) is 15.6 Å². The van der Waals surface area contributed by atoms with Crippen LogP contribution in [0.15, 0.2) is 6.33 Å². The van der Waals surface area contributed by atoms with Gasteiger partial charge in [-0.2, -0.15) is 14.4 Å². The molecule has 0 saturated carbocycles. The second kappa shape index (κ2) is 4.59. The predicted molar refractivity (Wildman–Crippen MR) is 62.7 cm³/mol. The van der Waals surface area contributed by atoms with Crippen molar-refractivity contribution in [3.8, 4) is 0 Å². The van der Waals surface area contributed by atoms with Crippen LogP contribution < -0.4 is 5.73 Å². The van der Waals surface area contributed by atoms with E-state index in [1.807, 2.05) is 0 Å². The summed E-state index contributed by atoms with van der Waals surface area (Å²) in [4.78, 5) is 10.8. The van der Waals surface area contributed by atoms with Crippen molar-refractivity contribution in [2.24, 2.45) is 0 Å². The smallest absolute Gasteiger partial charge is 0.312 e. The lowest BCUT2D eigenvalue weighted by molar-refractivity contribution is -0.0511. The van der Waals surface area contributed by atoms with Crippen LogP contribution in [0.5, 0.6) is 0 Å². The molecule has 0 bridgehead atoms. The van der Waals surface area contributed by atoms with E-state index in [1.165, 1.54) is 10.9 Å². The molecular weight excluding hydrogens is 273 g/mol. The first kappa shape index (κ1) is 13.1. The quantitative estimate of drug-likeness (QED) is 0.472. The topological polar surface area (TPSA) is 140 Å². The fourth-order valence-corrected chi connectivity index (χ4v) is 2.21. The number of halogens is 1. The van der Waals surface area contributed by atoms with Gasteiger partial charge in [-0.15, -0.1) is 0 Å². The van der Waals surface area contributed by atoms with E-state index in [0.29, 0.717) is 0 Å². The molecule has 0 radical (unpaired) electrons. The van der Waals surface area contributed by atoms with Crippen LogP contribution in [-0.2, 0) is 4.74 Å². The average Bonchev–Trinajstić information content (AvgIpc) is 2.93. The summed E-state index contributed by atoms with van der Waals surface area (Å²) in [5, 5.41) is 28.7. The molecule has 0 aromatic carbocycles. The molecule has 10 heteroatoms. The van der Waals surface area contributed by atoms with Gasteiger partial charge in [0.1, 0.15) is 18.3 Å². The van der Waals surface area contributed by atoms with Gasteiger partial charge >= 0.3 is 6.08 Å². The van der Waals surface area contributed by atoms with Gasteiger partial charge in [-0.3, -0.25) is 4.57 Å². The molecule has 0 aliphatic carbocycles. The van der Waals surface area contributed by atoms with Crippen LogP contribution in [0.1, 0.15) is 6.23 Å². The number of fused-ring (bicyclic) bond motifs is 1. The van der Waals surface area contributed by atoms with Crippen LogP contribution in [0.4, 0.5) is 10.2 Å². The number of nitrogen functional groups attached to an aromatic ring is 1. The Morgan fingerprint density at radius 2 is 2.10 bits per heavy atom. The average molecular weight is 285 g/mol. The Hall–Kier alpha value is -1.88. The SMILES string of the molecule is Nc1nc(F)nc2c1ncn2[C@@H]1O[C@H](CO)C(O)[C@H]1O. The van der Waals surface area contributed by atoms with E-state index in [9.17, 15) is 14.6 Å². The number of hydrogen-bond acceptors (Lipinski definition) is 8. The number of aromatic nitrogens is 4. The Bertz CT molecular complexity index is 650. The molecule has 1 aliphatic heterocycles. The first-order chi connectivity index (χ1) is 9.52. The van der Waals surface area contributed by atoms with Gasteiger partial charge < -0.3 is 25.8 Å². The number of aliphatic hydroxyl groups is 3. The minimum Gasteiger partial charge on any atom is -0.394 e. The van der Waals surface area contributed by atoms with Crippen molar-refractivity contribution in [1.82, 2.24) is 19.5 Å². The molecule has 0 amide bonds. The second-order valence-electron chi connectivity index (χ2n) is 4.43. The lowest BCUT2D eigenvalue weighted by Gasteiger charge is -2.16. The second-order valence-corrected chi connectivity index (χ2v) is 4.43. The van der Waals surface area contributed by atoms with Crippen molar-refractivity contribution >= 4 is 17.0 Å². The summed E-state index contributed by atoms with van der Waals surface area (Å²) in [6.07, 6.45) is -4.38. The molecule has 2 aromatic heterocycles. The highest BCUT2D eigenvalue weighted by Gasteiger charge is 2.44. The maximum atomic E-state index is 13.2. The Labute approximate surface area is 111 Å². The van der Waals surface area contributed by atoms with Crippen LogP contribution in [-0.4, -0.2) is 59.8 Å². The summed E-state index contributed by atoms with van der Waals surface area (Å²) in [5.41, 5.74) is 5.71. The summed E-state index contributed by atoms with van der Waals surface area (Å²) in [6.45, 7) is -0.465. The number of rotatable bonds is 2. The minimum absolute atomic E-state index is 0.0323. The monoisotopic (exact) mass is 285 g/mol. The van der Waals surface area contributed by atoms with E-state index >= 15 is 0 Å². The van der Waals surface area contributed by atoms with E-state index in [-0.39, 0.29) is 17.0 Å². The maximum Gasteiger partial charge on any atom is 0.312 e. The van der Waals surface area contributed by atoms with Gasteiger partial charge in [0, 0.05) is 0 Å². The third kappa shape index (κ3) is 1.81. The maximum absolute atomic E-state index is 13.2. The Morgan fingerprint density at radius 1 is 1.35 bits per heavy atom. The van der Waals surface area contributed by atoms with Gasteiger partial charge in [0.25, 0.3) is 0 Å². The summed E-state index contributed by atoms with van der Waals surface area (Å²) < 4.78 is 19.8. The zero-order chi connectivity index (χ0) is 14.4. The highest BCUT2D eigenvalue weighted by molar-refractivity contribution is 5.81. The summed E-state index contributed by atoms with van der Waals surface area (Å²) in [6, 6.07) is 0. The summed E-state index contributed by atoms with van der Waals surface area (Å²) >= 11 is 0. The standard InChI is InChI=1S/C10H12FN5O4/c11-10-14-7(12)4-8(15-10)16(2-13-4)9-6(19)5(18)3(1-17)20-9/h2-3,5-6,9,17-19H,1H2,(H2,12,14,15)/t3-,5?,6-,9-/m1/s1. The molecule has 9 nitrogen and oxygen atoms in total. The highest BCUT2D eigenvalue weighted by atomic mass is 19.1. The van der Waals surface area contributed by atoms with E-state index < -0.39 is 37.2 Å². The molecule has 1 unspecified atom stereocenters. The molecule has 4 atom stereocenters. The lowest BCUT2D eigenvalue weighted by atomic mass is 10.1. The van der Waals surface area contributed by atoms with Crippen LogP contribution in [0, 0.1) is 6.08 Å². The largest absolute Gasteiger partial charge is 0.394 e. The molecule has 1 saturated heterocycles. The molecule has 1 fully saturated rings. The summed E-state index contributed by atoms with van der Waals surface area (Å²) in [7, 11) is 0. The van der Waals surface area contributed by atoms with Crippen molar-refractivity contribution < 1.29 is 24.4 Å². The Morgan fingerprint density at radius 3 is 2.75 bits per heavy atom. The zero-order valence-electron chi connectivity index (χ0n) is 10.1. The first-order valence-corrected chi connectivity index (χ1v) is 5.81. The van der Waals surface area contributed by atoms with Gasteiger partial charge in [-0.25, -0.2) is 4.98 Å². The third-order valence-electron chi connectivity index (χ3n) is 3.21. The zero-order valence-corrected chi connectivity index (χ0v) is 10.1. The molecule has 5 N–H and O–H groups in total. The number of ether oxygens (including phenoxy) is 1. The van der Waals surface area contributed by atoms with Gasteiger partial charge in [-0.05, 0) is 0 Å². The molecule has 3 heterocycles. The van der Waals surface area contributed by atoms with E-state index in [0.717, 1.165) is 0 Å². The molecule has 1 aliphatic rings. The molecule has 108 valence electrons. The Kier molecular flexibility index (Phi) is 3.01. The van der Waals surface area contributed by atoms with Crippen LogP contribution in [0.3, 0.4) is 0 Å². The fourth-order valence-electron chi connectivity index (χ4n) is 2.21. The predicted octanol–water partition coefficient (Wildman–Crippen LogP) is -1.84. The van der Waals surface area contributed by atoms with Crippen LogP contribution >= 0.6 is 0 Å². The number of imidazole rings is 1. The third-order valence-corrected chi connectivity index (χ3v) is 3.21. The minimum atomic E-state index is -1.32. The normalized spacial score (nSPS) is 30.2. The summed E-state index contributed by atoms with van der Waals surface area (Å²) in [5.74, 6) is -0.141. The first-order valence-electron chi connectivity index (χ1n) is 5.81. The number of anilines is 1. The number of hydrogen-bond donors (Lipinski definition) is 4. The Balaban J connectivity index is 2.07. The van der Waals surface area contributed by atoms with Gasteiger partial charge in [-0.1, -0.05) is 0 Å². The van der Waals surface area contributed by atoms with E-state index in [1.54, 1.807) is 0 Å². The van der Waals surface area contributed by atoms with Crippen molar-refractivity contribution in [1.29, 1.82) is 0 Å². The van der Waals surface area contributed by atoms with Crippen LogP contribution in [0.25, 0.3) is 11.2 Å². The highest BCUT2D eigenvalue weighted by Crippen LogP contribution is 2.31. The molecular formula is C10H12FN5O4. The molecule has 3 rings (SSSR count). The number of aliphatic hydroxyl groups excluding tert-OH is 3. The molecule has 2 aromatic rings. The van der Waals surface area contributed by atoms with Gasteiger partial charge in [0.05, 0.1) is 12.9 Å². The van der Waals surface area contributed by atoms with Gasteiger partial charge in [0.15, 0.2) is 23.2 Å². The lowest BCUT2D eigenvalue weighted by Crippen LogP contribution is -2.33.